The summed E-state index contributed by atoms with van der Waals surface area (Å²) in [7, 11) is 1.93. The van der Waals surface area contributed by atoms with Gasteiger partial charge in [0.1, 0.15) is 0 Å². The van der Waals surface area contributed by atoms with E-state index in [9.17, 15) is 0 Å². The topological polar surface area (TPSA) is 56.7 Å². The molecule has 0 amide bonds. The van der Waals surface area contributed by atoms with Crippen LogP contribution in [0.25, 0.3) is 11.0 Å². The largest absolute Gasteiger partial charge is 0.320 e. The van der Waals surface area contributed by atoms with Gasteiger partial charge in [0.15, 0.2) is 5.65 Å². The first kappa shape index (κ1) is 9.78. The van der Waals surface area contributed by atoms with E-state index in [1.807, 2.05) is 18.7 Å². The summed E-state index contributed by atoms with van der Waals surface area (Å²) in [6.07, 6.45) is 2.07. The Hall–Kier alpha value is -1.42. The van der Waals surface area contributed by atoms with Crippen LogP contribution in [-0.2, 0) is 12.6 Å². The first-order valence-corrected chi connectivity index (χ1v) is 5.61. The second-order valence-corrected chi connectivity index (χ2v) is 4.91. The molecule has 0 saturated heterocycles. The number of pyridine rings is 1. The van der Waals surface area contributed by atoms with E-state index in [1.54, 1.807) is 0 Å². The van der Waals surface area contributed by atoms with Crippen molar-refractivity contribution >= 4 is 11.0 Å². The van der Waals surface area contributed by atoms with Crippen molar-refractivity contribution in [3.63, 3.8) is 0 Å². The van der Waals surface area contributed by atoms with Crippen LogP contribution in [0, 0.1) is 13.8 Å². The maximum absolute atomic E-state index is 6.25. The average Bonchev–Trinajstić information content (AvgIpc) is 2.85. The fourth-order valence-corrected chi connectivity index (χ4v) is 2.31. The molecule has 1 fully saturated rings. The van der Waals surface area contributed by atoms with Crippen LogP contribution in [0.4, 0.5) is 0 Å². The van der Waals surface area contributed by atoms with Crippen LogP contribution in [0.5, 0.6) is 0 Å². The highest BCUT2D eigenvalue weighted by molar-refractivity contribution is 5.83. The Bertz CT molecular complexity index is 578. The minimum absolute atomic E-state index is 0.193. The van der Waals surface area contributed by atoms with Crippen LogP contribution < -0.4 is 5.73 Å². The molecule has 0 aliphatic heterocycles. The molecule has 4 nitrogen and oxygen atoms in total. The Kier molecular flexibility index (Phi) is 1.73. The number of hydrogen-bond donors (Lipinski definition) is 1. The molecule has 0 unspecified atom stereocenters. The Morgan fingerprint density at radius 3 is 2.69 bits per heavy atom. The van der Waals surface area contributed by atoms with Crippen molar-refractivity contribution in [2.75, 3.05) is 0 Å². The summed E-state index contributed by atoms with van der Waals surface area (Å²) in [6, 6.07) is 2.10. The molecule has 0 atom stereocenters. The molecule has 84 valence electrons. The van der Waals surface area contributed by atoms with Gasteiger partial charge in [-0.05, 0) is 38.3 Å². The molecule has 2 aromatic heterocycles. The van der Waals surface area contributed by atoms with Gasteiger partial charge in [0.05, 0.1) is 11.2 Å². The number of hydrogen-bond acceptors (Lipinski definition) is 3. The second kappa shape index (κ2) is 2.83. The zero-order valence-corrected chi connectivity index (χ0v) is 9.91. The van der Waals surface area contributed by atoms with Crippen molar-refractivity contribution in [1.29, 1.82) is 0 Å². The molecule has 0 radical (unpaired) electrons. The van der Waals surface area contributed by atoms with E-state index in [1.165, 1.54) is 5.56 Å². The summed E-state index contributed by atoms with van der Waals surface area (Å²) < 4.78 is 1.84. The molecule has 3 rings (SSSR count). The maximum atomic E-state index is 6.25. The van der Waals surface area contributed by atoms with Crippen molar-refractivity contribution in [2.24, 2.45) is 12.8 Å². The van der Waals surface area contributed by atoms with E-state index in [0.717, 1.165) is 35.3 Å². The van der Waals surface area contributed by atoms with Gasteiger partial charge in [-0.25, -0.2) is 4.98 Å². The van der Waals surface area contributed by atoms with Gasteiger partial charge in [0.2, 0.25) is 0 Å². The molecule has 0 spiro atoms. The van der Waals surface area contributed by atoms with Crippen molar-refractivity contribution in [3.05, 3.63) is 23.0 Å². The van der Waals surface area contributed by atoms with Gasteiger partial charge in [0, 0.05) is 18.1 Å². The average molecular weight is 216 g/mol. The predicted molar refractivity (Wildman–Crippen MR) is 63.1 cm³/mol. The van der Waals surface area contributed by atoms with E-state index < -0.39 is 0 Å². The predicted octanol–water partition coefficient (Wildman–Crippen LogP) is 1.53. The van der Waals surface area contributed by atoms with Crippen molar-refractivity contribution in [1.82, 2.24) is 14.8 Å². The van der Waals surface area contributed by atoms with E-state index >= 15 is 0 Å². The molecule has 1 aliphatic carbocycles. The minimum atomic E-state index is -0.193. The minimum Gasteiger partial charge on any atom is -0.320 e. The zero-order chi connectivity index (χ0) is 11.5. The van der Waals surface area contributed by atoms with E-state index in [4.69, 9.17) is 5.73 Å². The highest BCUT2D eigenvalue weighted by Crippen LogP contribution is 2.45. The smallest absolute Gasteiger partial charge is 0.158 e. The molecular formula is C12H16N4. The van der Waals surface area contributed by atoms with Crippen LogP contribution in [0.3, 0.4) is 0 Å². The number of fused-ring (bicyclic) bond motifs is 1. The lowest BCUT2D eigenvalue weighted by Gasteiger charge is -2.06. The van der Waals surface area contributed by atoms with E-state index in [0.29, 0.717) is 0 Å². The van der Waals surface area contributed by atoms with Crippen LogP contribution in [0.2, 0.25) is 0 Å². The Labute approximate surface area is 94.5 Å². The Morgan fingerprint density at radius 1 is 1.38 bits per heavy atom. The number of rotatable bonds is 1. The van der Waals surface area contributed by atoms with E-state index in [-0.39, 0.29) is 5.54 Å². The zero-order valence-electron chi connectivity index (χ0n) is 9.91. The highest BCUT2D eigenvalue weighted by Gasteiger charge is 2.44. The normalized spacial score (nSPS) is 18.0. The first-order chi connectivity index (χ1) is 7.51. The highest BCUT2D eigenvalue weighted by atomic mass is 15.3. The third-order valence-electron chi connectivity index (χ3n) is 3.38. The molecule has 2 N–H and O–H groups in total. The molecule has 0 aromatic carbocycles. The molecule has 1 aliphatic rings. The van der Waals surface area contributed by atoms with Gasteiger partial charge in [-0.15, -0.1) is 0 Å². The van der Waals surface area contributed by atoms with Gasteiger partial charge in [0.25, 0.3) is 0 Å². The number of nitrogens with two attached hydrogens (primary N) is 1. The molecule has 0 bridgehead atoms. The Morgan fingerprint density at radius 2 is 2.06 bits per heavy atom. The van der Waals surface area contributed by atoms with Crippen molar-refractivity contribution in [2.45, 2.75) is 32.2 Å². The molecule has 4 heteroatoms. The first-order valence-electron chi connectivity index (χ1n) is 5.61. The summed E-state index contributed by atoms with van der Waals surface area (Å²) >= 11 is 0. The number of aryl methyl sites for hydroxylation is 3. The van der Waals surface area contributed by atoms with Crippen molar-refractivity contribution in [3.8, 4) is 0 Å². The van der Waals surface area contributed by atoms with E-state index in [2.05, 4.69) is 23.1 Å². The Balaban J connectivity index is 2.39. The molecular weight excluding hydrogens is 200 g/mol. The maximum Gasteiger partial charge on any atom is 0.158 e. The lowest BCUT2D eigenvalue weighted by molar-refractivity contribution is 0.667. The summed E-state index contributed by atoms with van der Waals surface area (Å²) in [5.41, 5.74) is 10.3. The lowest BCUT2D eigenvalue weighted by Crippen LogP contribution is -2.20. The molecule has 2 heterocycles. The fourth-order valence-electron chi connectivity index (χ4n) is 2.31. The fraction of sp³-hybridized carbons (Fsp3) is 0.500. The summed E-state index contributed by atoms with van der Waals surface area (Å²) in [6.45, 7) is 4.11. The summed E-state index contributed by atoms with van der Waals surface area (Å²) in [5, 5.41) is 5.70. The van der Waals surface area contributed by atoms with Crippen LogP contribution in [-0.4, -0.2) is 14.8 Å². The summed E-state index contributed by atoms with van der Waals surface area (Å²) in [4.78, 5) is 4.54. The van der Waals surface area contributed by atoms with Gasteiger partial charge in [-0.2, -0.15) is 5.10 Å². The molecule has 2 aromatic rings. The van der Waals surface area contributed by atoms with Crippen molar-refractivity contribution < 1.29 is 0 Å². The standard InChI is InChI=1S/C12H16N4/c1-7-6-8(2)14-11-9(7)10(15-16(11)3)12(13)4-5-12/h6H,4-5,13H2,1-3H3. The quantitative estimate of drug-likeness (QED) is 0.786. The molecule has 1 saturated carbocycles. The van der Waals surface area contributed by atoms with Gasteiger partial charge in [-0.1, -0.05) is 0 Å². The molecule has 16 heavy (non-hydrogen) atoms. The van der Waals surface area contributed by atoms with Crippen LogP contribution in [0.1, 0.15) is 29.8 Å². The SMILES string of the molecule is Cc1cc(C)c2c(C3(N)CC3)nn(C)c2n1. The van der Waals surface area contributed by atoms with Gasteiger partial charge in [-0.3, -0.25) is 4.68 Å². The third-order valence-corrected chi connectivity index (χ3v) is 3.38. The lowest BCUT2D eigenvalue weighted by atomic mass is 10.1. The van der Waals surface area contributed by atoms with Crippen LogP contribution >= 0.6 is 0 Å². The number of nitrogens with zero attached hydrogens (tertiary/aromatic N) is 3. The third kappa shape index (κ3) is 1.19. The van der Waals surface area contributed by atoms with Gasteiger partial charge < -0.3 is 5.73 Å². The van der Waals surface area contributed by atoms with Crippen LogP contribution in [0.15, 0.2) is 6.07 Å². The monoisotopic (exact) mass is 216 g/mol. The summed E-state index contributed by atoms with van der Waals surface area (Å²) in [5.74, 6) is 0. The second-order valence-electron chi connectivity index (χ2n) is 4.91. The number of aromatic nitrogens is 3. The van der Waals surface area contributed by atoms with Gasteiger partial charge >= 0.3 is 0 Å².